The van der Waals surface area contributed by atoms with Gasteiger partial charge in [-0.1, -0.05) is 17.3 Å². The summed E-state index contributed by atoms with van der Waals surface area (Å²) in [4.78, 5) is 25.6. The molecule has 0 aliphatic carbocycles. The van der Waals surface area contributed by atoms with E-state index >= 15 is 4.39 Å². The molecule has 0 unspecified atom stereocenters. The number of benzene rings is 2. The number of rotatable bonds is 6. The lowest BCUT2D eigenvalue weighted by atomic mass is 10.0. The second-order valence-electron chi connectivity index (χ2n) is 10.4. The van der Waals surface area contributed by atoms with Gasteiger partial charge < -0.3 is 5.32 Å². The number of halogens is 1. The predicted octanol–water partition coefficient (Wildman–Crippen LogP) is 4.28. The number of nitrogens with one attached hydrogen (secondary N) is 1. The van der Waals surface area contributed by atoms with Crippen LogP contribution in [0.25, 0.3) is 37.4 Å². The summed E-state index contributed by atoms with van der Waals surface area (Å²) >= 11 is 1.48. The topological polar surface area (TPSA) is 149 Å². The molecule has 1 fully saturated rings. The highest BCUT2D eigenvalue weighted by molar-refractivity contribution is 7.89. The number of nitrogens with two attached hydrogens (primary N) is 1. The standard InChI is InChI=1S/C30H25FN8O3S2/c31-24-15-19(39-29-25(36-37-39)4-2-13-34-29)7-10-22(24)30(40)38(20-3-1-12-33-17-20)28-23-16-27(43-26(23)11-14-35-28)18-5-8-21(9-6-18)44(32,41)42/h2,4-11,13-16,20,33H,1,3,12,17H2,(H2,32,41,42)/t20-/m1/s1. The molecule has 3 N–H and O–H groups in total. The zero-order chi connectivity index (χ0) is 30.4. The second-order valence-corrected chi connectivity index (χ2v) is 13.1. The summed E-state index contributed by atoms with van der Waals surface area (Å²) in [5.74, 6) is -0.775. The van der Waals surface area contributed by atoms with Crippen LogP contribution in [-0.4, -0.2) is 58.4 Å². The molecule has 2 aromatic carbocycles. The molecule has 0 saturated carbocycles. The Bertz CT molecular complexity index is 2140. The third kappa shape index (κ3) is 5.11. The number of primary sulfonamides is 1. The van der Waals surface area contributed by atoms with Crippen molar-refractivity contribution in [3.8, 4) is 16.1 Å². The largest absolute Gasteiger partial charge is 0.315 e. The first-order valence-corrected chi connectivity index (χ1v) is 16.2. The number of pyridine rings is 2. The molecule has 0 bridgehead atoms. The van der Waals surface area contributed by atoms with Gasteiger partial charge in [-0.25, -0.2) is 27.9 Å². The maximum absolute atomic E-state index is 15.8. The van der Waals surface area contributed by atoms with Crippen molar-refractivity contribution in [3.05, 3.63) is 90.5 Å². The molecule has 1 saturated heterocycles. The zero-order valence-corrected chi connectivity index (χ0v) is 24.7. The van der Waals surface area contributed by atoms with E-state index in [1.165, 1.54) is 40.3 Å². The van der Waals surface area contributed by atoms with Gasteiger partial charge in [0, 0.05) is 40.0 Å². The minimum Gasteiger partial charge on any atom is -0.315 e. The summed E-state index contributed by atoms with van der Waals surface area (Å²) in [7, 11) is -3.82. The summed E-state index contributed by atoms with van der Waals surface area (Å²) in [5.41, 5.74) is 2.13. The number of aromatic nitrogens is 5. The molecular weight excluding hydrogens is 604 g/mol. The lowest BCUT2D eigenvalue weighted by Gasteiger charge is -2.34. The van der Waals surface area contributed by atoms with Gasteiger partial charge >= 0.3 is 0 Å². The molecule has 11 nitrogen and oxygen atoms in total. The Morgan fingerprint density at radius 3 is 2.66 bits per heavy atom. The molecule has 1 amide bonds. The van der Waals surface area contributed by atoms with Crippen LogP contribution in [0.4, 0.5) is 10.2 Å². The van der Waals surface area contributed by atoms with Crippen LogP contribution in [0.2, 0.25) is 0 Å². The molecule has 14 heteroatoms. The van der Waals surface area contributed by atoms with Crippen molar-refractivity contribution < 1.29 is 17.6 Å². The highest BCUT2D eigenvalue weighted by Gasteiger charge is 2.32. The summed E-state index contributed by atoms with van der Waals surface area (Å²) in [6, 6.07) is 17.7. The Hall–Kier alpha value is -4.63. The van der Waals surface area contributed by atoms with E-state index in [0.717, 1.165) is 39.9 Å². The Morgan fingerprint density at radius 1 is 1.07 bits per heavy atom. The van der Waals surface area contributed by atoms with Crippen LogP contribution < -0.4 is 15.4 Å². The van der Waals surface area contributed by atoms with Gasteiger partial charge in [0.25, 0.3) is 5.91 Å². The molecule has 222 valence electrons. The van der Waals surface area contributed by atoms with Crippen LogP contribution in [0.5, 0.6) is 0 Å². The molecule has 44 heavy (non-hydrogen) atoms. The molecule has 0 radical (unpaired) electrons. The minimum atomic E-state index is -3.82. The van der Waals surface area contributed by atoms with Crippen molar-refractivity contribution in [1.29, 1.82) is 0 Å². The van der Waals surface area contributed by atoms with Crippen molar-refractivity contribution in [3.63, 3.8) is 0 Å². The van der Waals surface area contributed by atoms with E-state index in [1.807, 2.05) is 12.1 Å². The number of carbonyl (C=O) groups is 1. The number of sulfonamides is 1. The Labute approximate surface area is 255 Å². The molecule has 0 spiro atoms. The fourth-order valence-corrected chi connectivity index (χ4v) is 7.03. The maximum atomic E-state index is 15.8. The Kier molecular flexibility index (Phi) is 7.13. The van der Waals surface area contributed by atoms with Gasteiger partial charge in [-0.05, 0) is 73.5 Å². The first-order valence-electron chi connectivity index (χ1n) is 13.8. The number of amides is 1. The third-order valence-corrected chi connectivity index (χ3v) is 9.69. The number of anilines is 1. The molecule has 7 rings (SSSR count). The predicted molar refractivity (Wildman–Crippen MR) is 166 cm³/mol. The van der Waals surface area contributed by atoms with E-state index in [-0.39, 0.29) is 16.5 Å². The first-order chi connectivity index (χ1) is 21.3. The van der Waals surface area contributed by atoms with Gasteiger partial charge in [0.2, 0.25) is 10.0 Å². The first kappa shape index (κ1) is 28.2. The molecule has 1 aliphatic rings. The van der Waals surface area contributed by atoms with Gasteiger partial charge in [-0.15, -0.1) is 16.4 Å². The number of nitrogens with zero attached hydrogens (tertiary/aromatic N) is 6. The third-order valence-electron chi connectivity index (χ3n) is 7.61. The van der Waals surface area contributed by atoms with Gasteiger partial charge in [-0.3, -0.25) is 9.69 Å². The lowest BCUT2D eigenvalue weighted by Crippen LogP contribution is -2.49. The molecule has 1 aliphatic heterocycles. The number of piperidine rings is 1. The van der Waals surface area contributed by atoms with E-state index < -0.39 is 21.7 Å². The van der Waals surface area contributed by atoms with Crippen molar-refractivity contribution in [2.45, 2.75) is 23.8 Å². The Balaban J connectivity index is 1.29. The van der Waals surface area contributed by atoms with Crippen LogP contribution in [0.15, 0.2) is 84.0 Å². The van der Waals surface area contributed by atoms with Crippen LogP contribution in [0.3, 0.4) is 0 Å². The summed E-state index contributed by atoms with van der Waals surface area (Å²) < 4.78 is 41.5. The molecular formula is C30H25FN8O3S2. The van der Waals surface area contributed by atoms with Crippen molar-refractivity contribution >= 4 is 54.3 Å². The summed E-state index contributed by atoms with van der Waals surface area (Å²) in [6.07, 6.45) is 4.82. The van der Waals surface area contributed by atoms with Gasteiger partial charge in [0.1, 0.15) is 17.2 Å². The van der Waals surface area contributed by atoms with E-state index in [1.54, 1.807) is 47.6 Å². The van der Waals surface area contributed by atoms with Gasteiger partial charge in [0.15, 0.2) is 5.65 Å². The Morgan fingerprint density at radius 2 is 1.91 bits per heavy atom. The van der Waals surface area contributed by atoms with E-state index in [4.69, 9.17) is 5.14 Å². The molecule has 4 aromatic heterocycles. The molecule has 6 aromatic rings. The number of carbonyl (C=O) groups excluding carboxylic acids is 1. The van der Waals surface area contributed by atoms with Gasteiger partial charge in [-0.2, -0.15) is 4.68 Å². The fraction of sp³-hybridized carbons (Fsp3) is 0.167. The van der Waals surface area contributed by atoms with Crippen LogP contribution in [0, 0.1) is 5.82 Å². The van der Waals surface area contributed by atoms with Crippen LogP contribution in [0.1, 0.15) is 23.2 Å². The number of thiophene rings is 1. The minimum absolute atomic E-state index is 0.0209. The monoisotopic (exact) mass is 628 g/mol. The summed E-state index contributed by atoms with van der Waals surface area (Å²) in [5, 5.41) is 17.5. The van der Waals surface area contributed by atoms with E-state index in [0.29, 0.717) is 29.2 Å². The average molecular weight is 629 g/mol. The van der Waals surface area contributed by atoms with Crippen molar-refractivity contribution in [1.82, 2.24) is 30.3 Å². The summed E-state index contributed by atoms with van der Waals surface area (Å²) in [6.45, 7) is 1.36. The van der Waals surface area contributed by atoms with Crippen LogP contribution in [-0.2, 0) is 10.0 Å². The molecule has 1 atom stereocenters. The maximum Gasteiger partial charge on any atom is 0.262 e. The number of hydrogen-bond acceptors (Lipinski definition) is 9. The number of fused-ring (bicyclic) bond motifs is 2. The normalized spacial score (nSPS) is 15.5. The quantitative estimate of drug-likeness (QED) is 0.278. The van der Waals surface area contributed by atoms with Crippen molar-refractivity contribution in [2.24, 2.45) is 5.14 Å². The van der Waals surface area contributed by atoms with Crippen LogP contribution >= 0.6 is 11.3 Å². The SMILES string of the molecule is NS(=O)(=O)c1ccc(-c2cc3c(N(C(=O)c4ccc(-n5nnc6cccnc65)cc4F)[C@@H]4CCCNC4)nccc3s2)cc1. The zero-order valence-electron chi connectivity index (χ0n) is 23.1. The fourth-order valence-electron chi connectivity index (χ4n) is 5.46. The lowest BCUT2D eigenvalue weighted by molar-refractivity contribution is 0.0968. The highest BCUT2D eigenvalue weighted by atomic mass is 32.2. The van der Waals surface area contributed by atoms with E-state index in [2.05, 4.69) is 25.6 Å². The second kappa shape index (κ2) is 11.1. The van der Waals surface area contributed by atoms with E-state index in [9.17, 15) is 13.2 Å². The van der Waals surface area contributed by atoms with Gasteiger partial charge in [0.05, 0.1) is 22.2 Å². The molecule has 5 heterocycles. The number of hydrogen-bond donors (Lipinski definition) is 2. The smallest absolute Gasteiger partial charge is 0.262 e. The van der Waals surface area contributed by atoms with Crippen molar-refractivity contribution in [2.75, 3.05) is 18.0 Å². The average Bonchev–Trinajstić information content (AvgIpc) is 3.67. The highest BCUT2D eigenvalue weighted by Crippen LogP contribution is 2.39.